The lowest BCUT2D eigenvalue weighted by molar-refractivity contribution is -0.120. The molecule has 0 saturated heterocycles. The highest BCUT2D eigenvalue weighted by molar-refractivity contribution is 6.31. The van der Waals surface area contributed by atoms with E-state index in [1.165, 1.54) is 0 Å². The Morgan fingerprint density at radius 3 is 2.68 bits per heavy atom. The molecule has 0 bridgehead atoms. The Balaban J connectivity index is 2.98. The normalized spacial score (nSPS) is 9.95. The second kappa shape index (κ2) is 7.83. The van der Waals surface area contributed by atoms with Gasteiger partial charge in [0.15, 0.2) is 0 Å². The maximum Gasteiger partial charge on any atom is 0.227 e. The molecule has 1 amide bonds. The van der Waals surface area contributed by atoms with Crippen molar-refractivity contribution in [3.05, 3.63) is 28.8 Å². The third-order valence-corrected chi connectivity index (χ3v) is 3.16. The van der Waals surface area contributed by atoms with Gasteiger partial charge in [-0.05, 0) is 31.0 Å². The predicted octanol–water partition coefficient (Wildman–Crippen LogP) is 3.02. The molecule has 0 heterocycles. The van der Waals surface area contributed by atoms with Crippen LogP contribution in [0.15, 0.2) is 18.2 Å². The van der Waals surface area contributed by atoms with Crippen LogP contribution in [0.5, 0.6) is 0 Å². The molecule has 0 fully saturated rings. The van der Waals surface area contributed by atoms with Gasteiger partial charge >= 0.3 is 0 Å². The summed E-state index contributed by atoms with van der Waals surface area (Å²) in [6, 6.07) is 5.24. The first-order valence-electron chi connectivity index (χ1n) is 6.41. The van der Waals surface area contributed by atoms with E-state index in [-0.39, 0.29) is 18.4 Å². The van der Waals surface area contributed by atoms with Crippen LogP contribution >= 0.6 is 11.6 Å². The maximum absolute atomic E-state index is 12.1. The van der Waals surface area contributed by atoms with Crippen LogP contribution in [0, 0.1) is 17.8 Å². The van der Waals surface area contributed by atoms with E-state index in [0.29, 0.717) is 10.7 Å². The van der Waals surface area contributed by atoms with Crippen LogP contribution in [0.3, 0.4) is 0 Å². The zero-order valence-corrected chi connectivity index (χ0v) is 12.1. The molecule has 1 aromatic rings. The minimum atomic E-state index is 0.00284. The van der Waals surface area contributed by atoms with Crippen molar-refractivity contribution in [3.8, 4) is 11.8 Å². The molecule has 0 spiro atoms. The molecule has 0 unspecified atom stereocenters. The Labute approximate surface area is 119 Å². The second-order valence-electron chi connectivity index (χ2n) is 4.20. The molecule has 4 heteroatoms. The number of nitrogens with one attached hydrogen (secondary N) is 1. The van der Waals surface area contributed by atoms with E-state index in [4.69, 9.17) is 17.3 Å². The highest BCUT2D eigenvalue weighted by Gasteiger charge is 2.15. The van der Waals surface area contributed by atoms with Crippen LogP contribution in [0.2, 0.25) is 5.02 Å². The van der Waals surface area contributed by atoms with E-state index in [1.54, 1.807) is 18.2 Å². The van der Waals surface area contributed by atoms with Crippen LogP contribution in [-0.2, 0) is 4.79 Å². The molecule has 1 aromatic carbocycles. The van der Waals surface area contributed by atoms with Gasteiger partial charge < -0.3 is 11.1 Å². The second-order valence-corrected chi connectivity index (χ2v) is 4.63. The van der Waals surface area contributed by atoms with Crippen molar-refractivity contribution >= 4 is 23.2 Å². The standard InChI is InChI=1S/C15H19ClN2O/c1-3-11(4-2)15(19)18-14-10-13(16)8-7-12(14)6-5-9-17/h7-8,10-11H,3-4,9,17H2,1-2H3,(H,18,19). The summed E-state index contributed by atoms with van der Waals surface area (Å²) >= 11 is 5.96. The third kappa shape index (κ3) is 4.59. The first-order valence-corrected chi connectivity index (χ1v) is 6.79. The summed E-state index contributed by atoms with van der Waals surface area (Å²) in [5.74, 6) is 5.72. The SMILES string of the molecule is CCC(CC)C(=O)Nc1cc(Cl)ccc1C#CCN. The smallest absolute Gasteiger partial charge is 0.227 e. The number of halogens is 1. The van der Waals surface area contributed by atoms with E-state index < -0.39 is 0 Å². The minimum Gasteiger partial charge on any atom is -0.325 e. The van der Waals surface area contributed by atoms with Gasteiger partial charge in [0, 0.05) is 16.5 Å². The number of nitrogens with two attached hydrogens (primary N) is 1. The van der Waals surface area contributed by atoms with Gasteiger partial charge in [-0.3, -0.25) is 4.79 Å². The van der Waals surface area contributed by atoms with E-state index in [0.717, 1.165) is 18.4 Å². The number of carbonyl (C=O) groups is 1. The number of hydrogen-bond acceptors (Lipinski definition) is 2. The Hall–Kier alpha value is -1.50. The summed E-state index contributed by atoms with van der Waals surface area (Å²) in [6.07, 6.45) is 1.62. The molecule has 0 saturated carbocycles. The van der Waals surface area contributed by atoms with Crippen molar-refractivity contribution < 1.29 is 4.79 Å². The van der Waals surface area contributed by atoms with E-state index in [2.05, 4.69) is 17.2 Å². The van der Waals surface area contributed by atoms with E-state index >= 15 is 0 Å². The number of amides is 1. The monoisotopic (exact) mass is 278 g/mol. The molecule has 3 N–H and O–H groups in total. The molecule has 0 aromatic heterocycles. The lowest BCUT2D eigenvalue weighted by atomic mass is 10.0. The van der Waals surface area contributed by atoms with Crippen LogP contribution in [0.1, 0.15) is 32.3 Å². The van der Waals surface area contributed by atoms with Crippen molar-refractivity contribution in [1.82, 2.24) is 0 Å². The van der Waals surface area contributed by atoms with Crippen molar-refractivity contribution in [3.63, 3.8) is 0 Å². The number of anilines is 1. The van der Waals surface area contributed by atoms with Crippen molar-refractivity contribution in [2.45, 2.75) is 26.7 Å². The lowest BCUT2D eigenvalue weighted by Crippen LogP contribution is -2.22. The molecule has 0 aliphatic heterocycles. The Bertz CT molecular complexity index is 499. The molecule has 102 valence electrons. The first kappa shape index (κ1) is 15.6. The largest absolute Gasteiger partial charge is 0.325 e. The number of carbonyl (C=O) groups excluding carboxylic acids is 1. The van der Waals surface area contributed by atoms with Crippen LogP contribution in [0.4, 0.5) is 5.69 Å². The van der Waals surface area contributed by atoms with Gasteiger partial charge in [0.2, 0.25) is 5.91 Å². The molecule has 19 heavy (non-hydrogen) atoms. The zero-order chi connectivity index (χ0) is 14.3. The zero-order valence-electron chi connectivity index (χ0n) is 11.3. The van der Waals surface area contributed by atoms with E-state index in [9.17, 15) is 4.79 Å². The maximum atomic E-state index is 12.1. The highest BCUT2D eigenvalue weighted by Crippen LogP contribution is 2.22. The van der Waals surface area contributed by atoms with Gasteiger partial charge in [-0.15, -0.1) is 0 Å². The number of hydrogen-bond donors (Lipinski definition) is 2. The molecule has 0 aliphatic carbocycles. The molecule has 0 aliphatic rings. The summed E-state index contributed by atoms with van der Waals surface area (Å²) in [4.78, 5) is 12.1. The Kier molecular flexibility index (Phi) is 6.41. The molecule has 1 rings (SSSR count). The summed E-state index contributed by atoms with van der Waals surface area (Å²) in [6.45, 7) is 4.28. The van der Waals surface area contributed by atoms with Crippen molar-refractivity contribution in [2.75, 3.05) is 11.9 Å². The van der Waals surface area contributed by atoms with Crippen LogP contribution in [0.25, 0.3) is 0 Å². The van der Waals surface area contributed by atoms with Crippen molar-refractivity contribution in [1.29, 1.82) is 0 Å². The topological polar surface area (TPSA) is 55.1 Å². The van der Waals surface area contributed by atoms with Crippen LogP contribution in [-0.4, -0.2) is 12.5 Å². The van der Waals surface area contributed by atoms with Gasteiger partial charge in [-0.25, -0.2) is 0 Å². The Morgan fingerprint density at radius 2 is 2.11 bits per heavy atom. The van der Waals surface area contributed by atoms with Crippen molar-refractivity contribution in [2.24, 2.45) is 11.7 Å². The van der Waals surface area contributed by atoms with Gasteiger partial charge in [0.05, 0.1) is 12.2 Å². The molecule has 0 atom stereocenters. The average Bonchev–Trinajstić information content (AvgIpc) is 2.39. The molecular weight excluding hydrogens is 260 g/mol. The van der Waals surface area contributed by atoms with E-state index in [1.807, 2.05) is 13.8 Å². The van der Waals surface area contributed by atoms with Crippen LogP contribution < -0.4 is 11.1 Å². The highest BCUT2D eigenvalue weighted by atomic mass is 35.5. The van der Waals surface area contributed by atoms with Gasteiger partial charge in [-0.1, -0.05) is 37.3 Å². The fourth-order valence-electron chi connectivity index (χ4n) is 1.77. The molecular formula is C15H19ClN2O. The third-order valence-electron chi connectivity index (χ3n) is 2.92. The summed E-state index contributed by atoms with van der Waals surface area (Å²) in [7, 11) is 0. The molecule has 3 nitrogen and oxygen atoms in total. The fourth-order valence-corrected chi connectivity index (χ4v) is 1.94. The summed E-state index contributed by atoms with van der Waals surface area (Å²) < 4.78 is 0. The first-order chi connectivity index (χ1) is 9.12. The predicted molar refractivity (Wildman–Crippen MR) is 80.1 cm³/mol. The average molecular weight is 279 g/mol. The van der Waals surface area contributed by atoms with Gasteiger partial charge in [-0.2, -0.15) is 0 Å². The fraction of sp³-hybridized carbons (Fsp3) is 0.400. The van der Waals surface area contributed by atoms with Gasteiger partial charge in [0.25, 0.3) is 0 Å². The lowest BCUT2D eigenvalue weighted by Gasteiger charge is -2.14. The minimum absolute atomic E-state index is 0.00284. The quantitative estimate of drug-likeness (QED) is 0.832. The number of benzene rings is 1. The molecule has 0 radical (unpaired) electrons. The number of rotatable bonds is 4. The summed E-state index contributed by atoms with van der Waals surface area (Å²) in [5.41, 5.74) is 6.74. The summed E-state index contributed by atoms with van der Waals surface area (Å²) in [5, 5.41) is 3.46. The Morgan fingerprint density at radius 1 is 1.42 bits per heavy atom. The van der Waals surface area contributed by atoms with Gasteiger partial charge in [0.1, 0.15) is 0 Å².